The van der Waals surface area contributed by atoms with Gasteiger partial charge in [-0.05, 0) is 31.0 Å². The SMILES string of the molecule is CN=C(c1cc(F)c(C)cc1C)N1CCC(=O)NC1=O. The van der Waals surface area contributed by atoms with Crippen LogP contribution in [0.5, 0.6) is 0 Å². The molecule has 5 nitrogen and oxygen atoms in total. The quantitative estimate of drug-likeness (QED) is 0.628. The predicted molar refractivity (Wildman–Crippen MR) is 73.2 cm³/mol. The largest absolute Gasteiger partial charge is 0.329 e. The third-order valence-electron chi connectivity index (χ3n) is 3.27. The van der Waals surface area contributed by atoms with Crippen molar-refractivity contribution in [1.82, 2.24) is 10.2 Å². The lowest BCUT2D eigenvalue weighted by Crippen LogP contribution is -2.52. The van der Waals surface area contributed by atoms with Crippen LogP contribution in [0.25, 0.3) is 0 Å². The number of amides is 3. The van der Waals surface area contributed by atoms with E-state index in [9.17, 15) is 14.0 Å². The number of amidine groups is 1. The van der Waals surface area contributed by atoms with Crippen LogP contribution in [0.3, 0.4) is 0 Å². The Morgan fingerprint density at radius 2 is 2.00 bits per heavy atom. The van der Waals surface area contributed by atoms with Crippen molar-refractivity contribution in [3.05, 3.63) is 34.6 Å². The second-order valence-corrected chi connectivity index (χ2v) is 4.72. The molecule has 0 atom stereocenters. The summed E-state index contributed by atoms with van der Waals surface area (Å²) in [5.41, 5.74) is 1.93. The van der Waals surface area contributed by atoms with Gasteiger partial charge in [0.15, 0.2) is 0 Å². The van der Waals surface area contributed by atoms with Gasteiger partial charge in [-0.2, -0.15) is 0 Å². The van der Waals surface area contributed by atoms with E-state index in [-0.39, 0.29) is 24.7 Å². The van der Waals surface area contributed by atoms with E-state index in [1.807, 2.05) is 6.92 Å². The molecule has 0 saturated carbocycles. The van der Waals surface area contributed by atoms with Crippen LogP contribution >= 0.6 is 0 Å². The van der Waals surface area contributed by atoms with E-state index in [0.717, 1.165) is 5.56 Å². The zero-order valence-corrected chi connectivity index (χ0v) is 11.7. The molecule has 0 aliphatic carbocycles. The van der Waals surface area contributed by atoms with Gasteiger partial charge in [-0.15, -0.1) is 0 Å². The van der Waals surface area contributed by atoms with Crippen molar-refractivity contribution < 1.29 is 14.0 Å². The highest BCUT2D eigenvalue weighted by atomic mass is 19.1. The van der Waals surface area contributed by atoms with E-state index in [1.165, 1.54) is 18.0 Å². The lowest BCUT2D eigenvalue weighted by Gasteiger charge is -2.28. The Labute approximate surface area is 116 Å². The fraction of sp³-hybridized carbons (Fsp3) is 0.357. The fourth-order valence-corrected chi connectivity index (χ4v) is 2.22. The first-order valence-electron chi connectivity index (χ1n) is 6.29. The van der Waals surface area contributed by atoms with Gasteiger partial charge in [0, 0.05) is 25.6 Å². The molecule has 1 heterocycles. The molecule has 106 valence electrons. The normalized spacial score (nSPS) is 16.4. The molecule has 1 N–H and O–H groups in total. The molecular weight excluding hydrogens is 261 g/mol. The number of rotatable bonds is 1. The molecule has 1 aromatic rings. The summed E-state index contributed by atoms with van der Waals surface area (Å²) < 4.78 is 13.8. The van der Waals surface area contributed by atoms with Crippen molar-refractivity contribution in [2.24, 2.45) is 4.99 Å². The second-order valence-electron chi connectivity index (χ2n) is 4.72. The summed E-state index contributed by atoms with van der Waals surface area (Å²) in [5, 5.41) is 2.23. The fourth-order valence-electron chi connectivity index (χ4n) is 2.22. The lowest BCUT2D eigenvalue weighted by molar-refractivity contribution is -0.121. The minimum Gasteiger partial charge on any atom is -0.278 e. The van der Waals surface area contributed by atoms with Crippen LogP contribution in [-0.2, 0) is 4.79 Å². The molecule has 6 heteroatoms. The van der Waals surface area contributed by atoms with Gasteiger partial charge in [-0.1, -0.05) is 6.07 Å². The third-order valence-corrected chi connectivity index (χ3v) is 3.27. The number of urea groups is 1. The van der Waals surface area contributed by atoms with Crippen LogP contribution in [-0.4, -0.2) is 36.3 Å². The standard InChI is InChI=1S/C14H16FN3O2/c1-8-6-9(2)11(15)7-10(8)13(16-3)18-5-4-12(19)17-14(18)20/h6-7H,4-5H2,1-3H3,(H,17,19,20). The summed E-state index contributed by atoms with van der Waals surface area (Å²) in [6.07, 6.45) is 0.206. The summed E-state index contributed by atoms with van der Waals surface area (Å²) >= 11 is 0. The number of halogens is 1. The molecule has 0 unspecified atom stereocenters. The first kappa shape index (κ1) is 14.2. The van der Waals surface area contributed by atoms with Crippen LogP contribution in [0.1, 0.15) is 23.1 Å². The monoisotopic (exact) mass is 277 g/mol. The number of nitrogens with zero attached hydrogens (tertiary/aromatic N) is 2. The van der Waals surface area contributed by atoms with Gasteiger partial charge < -0.3 is 0 Å². The summed E-state index contributed by atoms with van der Waals surface area (Å²) in [6.45, 7) is 3.76. The zero-order chi connectivity index (χ0) is 14.9. The van der Waals surface area contributed by atoms with Crippen molar-refractivity contribution in [2.45, 2.75) is 20.3 Å². The van der Waals surface area contributed by atoms with E-state index in [1.54, 1.807) is 13.0 Å². The summed E-state index contributed by atoms with van der Waals surface area (Å²) in [6, 6.07) is 2.56. The van der Waals surface area contributed by atoms with Gasteiger partial charge in [0.05, 0.1) is 0 Å². The van der Waals surface area contributed by atoms with Crippen molar-refractivity contribution in [2.75, 3.05) is 13.6 Å². The van der Waals surface area contributed by atoms with Crippen LogP contribution in [0.2, 0.25) is 0 Å². The molecule has 1 fully saturated rings. The van der Waals surface area contributed by atoms with Crippen molar-refractivity contribution in [1.29, 1.82) is 0 Å². The van der Waals surface area contributed by atoms with Gasteiger partial charge in [-0.3, -0.25) is 20.0 Å². The molecule has 1 aliphatic heterocycles. The number of carbonyl (C=O) groups excluding carboxylic acids is 2. The van der Waals surface area contributed by atoms with Crippen LogP contribution in [0.4, 0.5) is 9.18 Å². The Morgan fingerprint density at radius 1 is 1.30 bits per heavy atom. The van der Waals surface area contributed by atoms with Gasteiger partial charge in [0.1, 0.15) is 11.7 Å². The Hall–Kier alpha value is -2.24. The van der Waals surface area contributed by atoms with Crippen molar-refractivity contribution >= 4 is 17.8 Å². The van der Waals surface area contributed by atoms with Gasteiger partial charge >= 0.3 is 6.03 Å². The Kier molecular flexibility index (Phi) is 3.83. The minimum atomic E-state index is -0.526. The number of benzene rings is 1. The topological polar surface area (TPSA) is 61.8 Å². The van der Waals surface area contributed by atoms with Crippen molar-refractivity contribution in [3.63, 3.8) is 0 Å². The summed E-state index contributed by atoms with van der Waals surface area (Å²) in [4.78, 5) is 28.5. The van der Waals surface area contributed by atoms with Gasteiger partial charge in [-0.25, -0.2) is 9.18 Å². The van der Waals surface area contributed by atoms with Crippen LogP contribution < -0.4 is 5.32 Å². The van der Waals surface area contributed by atoms with E-state index >= 15 is 0 Å². The maximum Gasteiger partial charge on any atom is 0.329 e. The maximum atomic E-state index is 13.8. The molecule has 0 radical (unpaired) electrons. The van der Waals surface area contributed by atoms with E-state index in [0.29, 0.717) is 17.0 Å². The van der Waals surface area contributed by atoms with Gasteiger partial charge in [0.2, 0.25) is 5.91 Å². The molecule has 3 amide bonds. The summed E-state index contributed by atoms with van der Waals surface area (Å²) in [7, 11) is 1.54. The molecule has 0 aromatic heterocycles. The highest BCUT2D eigenvalue weighted by Crippen LogP contribution is 2.18. The first-order chi connectivity index (χ1) is 9.43. The number of hydrogen-bond donors (Lipinski definition) is 1. The van der Waals surface area contributed by atoms with Crippen molar-refractivity contribution in [3.8, 4) is 0 Å². The zero-order valence-electron chi connectivity index (χ0n) is 11.7. The smallest absolute Gasteiger partial charge is 0.278 e. The number of carbonyl (C=O) groups is 2. The van der Waals surface area contributed by atoms with Crippen LogP contribution in [0, 0.1) is 19.7 Å². The highest BCUT2D eigenvalue weighted by molar-refractivity contribution is 6.12. The van der Waals surface area contributed by atoms with Gasteiger partial charge in [0.25, 0.3) is 0 Å². The number of nitrogens with one attached hydrogen (secondary N) is 1. The lowest BCUT2D eigenvalue weighted by atomic mass is 10.0. The number of aliphatic imine (C=N–C) groups is 1. The van der Waals surface area contributed by atoms with E-state index in [4.69, 9.17) is 0 Å². The molecule has 0 bridgehead atoms. The summed E-state index contributed by atoms with van der Waals surface area (Å²) in [5.74, 6) is -0.292. The number of imide groups is 1. The van der Waals surface area contributed by atoms with Crippen LogP contribution in [0.15, 0.2) is 17.1 Å². The molecule has 20 heavy (non-hydrogen) atoms. The minimum absolute atomic E-state index is 0.206. The average molecular weight is 277 g/mol. The molecule has 2 rings (SSSR count). The molecule has 1 aromatic carbocycles. The maximum absolute atomic E-state index is 13.8. The Morgan fingerprint density at radius 3 is 2.60 bits per heavy atom. The molecule has 1 saturated heterocycles. The Bertz CT molecular complexity index is 611. The second kappa shape index (κ2) is 5.40. The molecular formula is C14H16FN3O2. The predicted octanol–water partition coefficient (Wildman–Crippen LogP) is 1.76. The number of aryl methyl sites for hydroxylation is 2. The third kappa shape index (κ3) is 2.54. The van der Waals surface area contributed by atoms with E-state index < -0.39 is 6.03 Å². The first-order valence-corrected chi connectivity index (χ1v) is 6.29. The highest BCUT2D eigenvalue weighted by Gasteiger charge is 2.28. The molecule has 0 spiro atoms. The average Bonchev–Trinajstić information content (AvgIpc) is 2.38. The van der Waals surface area contributed by atoms with E-state index in [2.05, 4.69) is 10.3 Å². The Balaban J connectivity index is 2.41. The molecule has 1 aliphatic rings. The number of hydrogen-bond acceptors (Lipinski definition) is 3.